The maximum absolute atomic E-state index is 12.4. The van der Waals surface area contributed by atoms with Crippen LogP contribution < -0.4 is 5.32 Å². The Morgan fingerprint density at radius 1 is 1.43 bits per heavy atom. The van der Waals surface area contributed by atoms with Crippen LogP contribution in [0.2, 0.25) is 0 Å². The zero-order valence-electron chi connectivity index (χ0n) is 12.4. The molecular formula is C14H24N2O4S. The Hall–Kier alpha value is -0.950. The van der Waals surface area contributed by atoms with Crippen LogP contribution in [-0.2, 0) is 9.53 Å². The molecule has 3 atom stereocenters. The van der Waals surface area contributed by atoms with E-state index in [1.807, 2.05) is 6.92 Å². The molecule has 0 aromatic carbocycles. The van der Waals surface area contributed by atoms with Crippen LogP contribution in [0.3, 0.4) is 0 Å². The number of carboxylic acids is 1. The average molecular weight is 316 g/mol. The minimum Gasteiger partial charge on any atom is -0.480 e. The molecule has 21 heavy (non-hydrogen) atoms. The van der Waals surface area contributed by atoms with E-state index in [0.717, 1.165) is 38.7 Å². The van der Waals surface area contributed by atoms with E-state index in [0.29, 0.717) is 12.3 Å². The number of carbonyl (C=O) groups excluding carboxylic acids is 1. The van der Waals surface area contributed by atoms with Crippen molar-refractivity contribution in [2.75, 3.05) is 18.9 Å². The van der Waals surface area contributed by atoms with Gasteiger partial charge in [-0.2, -0.15) is 0 Å². The Balaban J connectivity index is 1.91. The number of nitrogens with zero attached hydrogens (tertiary/aromatic N) is 1. The molecule has 6 nitrogen and oxygen atoms in total. The second-order valence-electron chi connectivity index (χ2n) is 5.51. The lowest BCUT2D eigenvalue weighted by molar-refractivity contribution is -0.141. The first-order chi connectivity index (χ1) is 10.1. The quantitative estimate of drug-likeness (QED) is 0.810. The molecule has 2 aliphatic rings. The van der Waals surface area contributed by atoms with Crippen molar-refractivity contribution >= 4 is 23.8 Å². The van der Waals surface area contributed by atoms with Gasteiger partial charge in [0.25, 0.3) is 0 Å². The summed E-state index contributed by atoms with van der Waals surface area (Å²) in [6, 6.07) is -1.00. The molecule has 2 amide bonds. The van der Waals surface area contributed by atoms with Gasteiger partial charge >= 0.3 is 12.0 Å². The molecule has 2 N–H and O–H groups in total. The Bertz CT molecular complexity index is 374. The summed E-state index contributed by atoms with van der Waals surface area (Å²) in [7, 11) is 0. The highest BCUT2D eigenvalue weighted by molar-refractivity contribution is 8.00. The molecule has 7 heteroatoms. The van der Waals surface area contributed by atoms with Gasteiger partial charge in [0.2, 0.25) is 0 Å². The summed E-state index contributed by atoms with van der Waals surface area (Å²) in [6.45, 7) is 3.25. The Morgan fingerprint density at radius 2 is 2.24 bits per heavy atom. The Kier molecular flexibility index (Phi) is 6.17. The fourth-order valence-electron chi connectivity index (χ4n) is 2.76. The van der Waals surface area contributed by atoms with Crippen molar-refractivity contribution in [3.8, 4) is 0 Å². The van der Waals surface area contributed by atoms with Gasteiger partial charge in [0.15, 0.2) is 0 Å². The van der Waals surface area contributed by atoms with E-state index in [9.17, 15) is 14.7 Å². The SMILES string of the molecule is CCCC1SCC(C(=O)O)N1C(=O)NCC1CCCCO1. The van der Waals surface area contributed by atoms with Crippen molar-refractivity contribution in [1.29, 1.82) is 0 Å². The first-order valence-corrected chi connectivity index (χ1v) is 8.70. The fourth-order valence-corrected chi connectivity index (χ4v) is 4.27. The van der Waals surface area contributed by atoms with Gasteiger partial charge in [-0.3, -0.25) is 4.90 Å². The van der Waals surface area contributed by atoms with Crippen molar-refractivity contribution in [2.24, 2.45) is 0 Å². The highest BCUT2D eigenvalue weighted by Gasteiger charge is 2.41. The topological polar surface area (TPSA) is 78.9 Å². The van der Waals surface area contributed by atoms with Crippen LogP contribution in [-0.4, -0.2) is 58.4 Å². The van der Waals surface area contributed by atoms with Crippen LogP contribution in [0, 0.1) is 0 Å². The molecule has 2 fully saturated rings. The monoisotopic (exact) mass is 316 g/mol. The second-order valence-corrected chi connectivity index (χ2v) is 6.72. The van der Waals surface area contributed by atoms with Crippen LogP contribution in [0.5, 0.6) is 0 Å². The smallest absolute Gasteiger partial charge is 0.327 e. The molecule has 0 aliphatic carbocycles. The third kappa shape index (κ3) is 4.26. The number of carboxylic acid groups (broad SMARTS) is 1. The largest absolute Gasteiger partial charge is 0.480 e. The van der Waals surface area contributed by atoms with Gasteiger partial charge in [-0.1, -0.05) is 13.3 Å². The molecule has 2 rings (SSSR count). The molecule has 0 bridgehead atoms. The van der Waals surface area contributed by atoms with E-state index in [1.165, 1.54) is 4.90 Å². The lowest BCUT2D eigenvalue weighted by Crippen LogP contribution is -2.51. The zero-order chi connectivity index (χ0) is 15.2. The van der Waals surface area contributed by atoms with Gasteiger partial charge in [0.05, 0.1) is 11.5 Å². The summed E-state index contributed by atoms with van der Waals surface area (Å²) in [4.78, 5) is 25.2. The summed E-state index contributed by atoms with van der Waals surface area (Å²) in [5.74, 6) is -0.460. The molecule has 0 saturated carbocycles. The highest BCUT2D eigenvalue weighted by Crippen LogP contribution is 2.32. The lowest BCUT2D eigenvalue weighted by Gasteiger charge is -2.29. The van der Waals surface area contributed by atoms with E-state index >= 15 is 0 Å². The highest BCUT2D eigenvalue weighted by atomic mass is 32.2. The van der Waals surface area contributed by atoms with Crippen molar-refractivity contribution in [3.05, 3.63) is 0 Å². The van der Waals surface area contributed by atoms with Crippen molar-refractivity contribution in [1.82, 2.24) is 10.2 Å². The minimum atomic E-state index is -0.926. The third-order valence-corrected chi connectivity index (χ3v) is 5.26. The number of nitrogens with one attached hydrogen (secondary N) is 1. The number of aliphatic carboxylic acids is 1. The van der Waals surface area contributed by atoms with E-state index in [2.05, 4.69) is 5.32 Å². The van der Waals surface area contributed by atoms with Crippen LogP contribution in [0.4, 0.5) is 4.79 Å². The number of amides is 2. The van der Waals surface area contributed by atoms with Gasteiger partial charge in [-0.25, -0.2) is 9.59 Å². The third-order valence-electron chi connectivity index (χ3n) is 3.90. The number of thioether (sulfide) groups is 1. The number of rotatable bonds is 5. The van der Waals surface area contributed by atoms with Gasteiger partial charge < -0.3 is 15.2 Å². The number of urea groups is 1. The summed E-state index contributed by atoms with van der Waals surface area (Å²) in [6.07, 6.45) is 4.96. The number of ether oxygens (including phenoxy) is 1. The van der Waals surface area contributed by atoms with Crippen molar-refractivity contribution in [2.45, 2.75) is 56.5 Å². The summed E-state index contributed by atoms with van der Waals surface area (Å²) < 4.78 is 5.58. The molecule has 0 aromatic heterocycles. The number of carbonyl (C=O) groups is 2. The molecule has 3 unspecified atom stereocenters. The second kappa shape index (κ2) is 7.89. The van der Waals surface area contributed by atoms with Gasteiger partial charge in [-0.15, -0.1) is 11.8 Å². The summed E-state index contributed by atoms with van der Waals surface area (Å²) >= 11 is 1.55. The Morgan fingerprint density at radius 3 is 2.86 bits per heavy atom. The summed E-state index contributed by atoms with van der Waals surface area (Å²) in [5, 5.41) is 12.1. The summed E-state index contributed by atoms with van der Waals surface area (Å²) in [5.41, 5.74) is 0. The van der Waals surface area contributed by atoms with Crippen LogP contribution in [0.25, 0.3) is 0 Å². The number of hydrogen-bond donors (Lipinski definition) is 2. The van der Waals surface area contributed by atoms with Crippen LogP contribution in [0.1, 0.15) is 39.0 Å². The van der Waals surface area contributed by atoms with Gasteiger partial charge in [0, 0.05) is 18.9 Å². The van der Waals surface area contributed by atoms with E-state index in [1.54, 1.807) is 11.8 Å². The number of hydrogen-bond acceptors (Lipinski definition) is 4. The molecular weight excluding hydrogens is 292 g/mol. The molecule has 2 aliphatic heterocycles. The standard InChI is InChI=1S/C14H24N2O4S/c1-2-5-12-16(11(9-21-12)13(17)18)14(19)15-8-10-6-3-4-7-20-10/h10-12H,2-9H2,1H3,(H,15,19)(H,17,18). The van der Waals surface area contributed by atoms with E-state index < -0.39 is 12.0 Å². The van der Waals surface area contributed by atoms with Crippen LogP contribution >= 0.6 is 11.8 Å². The predicted octanol–water partition coefficient (Wildman–Crippen LogP) is 1.89. The first-order valence-electron chi connectivity index (χ1n) is 7.65. The van der Waals surface area contributed by atoms with Gasteiger partial charge in [-0.05, 0) is 25.7 Å². The van der Waals surface area contributed by atoms with E-state index in [-0.39, 0.29) is 17.5 Å². The molecule has 0 radical (unpaired) electrons. The van der Waals surface area contributed by atoms with E-state index in [4.69, 9.17) is 4.74 Å². The van der Waals surface area contributed by atoms with Crippen molar-refractivity contribution < 1.29 is 19.4 Å². The molecule has 0 spiro atoms. The van der Waals surface area contributed by atoms with Crippen LogP contribution in [0.15, 0.2) is 0 Å². The predicted molar refractivity (Wildman–Crippen MR) is 81.4 cm³/mol. The maximum atomic E-state index is 12.4. The van der Waals surface area contributed by atoms with Gasteiger partial charge in [0.1, 0.15) is 6.04 Å². The minimum absolute atomic E-state index is 0.0385. The maximum Gasteiger partial charge on any atom is 0.327 e. The lowest BCUT2D eigenvalue weighted by atomic mass is 10.1. The zero-order valence-corrected chi connectivity index (χ0v) is 13.2. The average Bonchev–Trinajstić information content (AvgIpc) is 2.90. The first kappa shape index (κ1) is 16.4. The molecule has 2 saturated heterocycles. The Labute approximate surface area is 129 Å². The molecule has 120 valence electrons. The molecule has 2 heterocycles. The normalized spacial score (nSPS) is 29.4. The molecule has 0 aromatic rings. The fraction of sp³-hybridized carbons (Fsp3) is 0.857. The van der Waals surface area contributed by atoms with Crippen molar-refractivity contribution in [3.63, 3.8) is 0 Å².